The van der Waals surface area contributed by atoms with Crippen LogP contribution in [0.5, 0.6) is 0 Å². The molecule has 0 aliphatic carbocycles. The molecule has 0 bridgehead atoms. The highest BCUT2D eigenvalue weighted by molar-refractivity contribution is 7.80. The van der Waals surface area contributed by atoms with E-state index in [9.17, 15) is 4.79 Å². The van der Waals surface area contributed by atoms with Gasteiger partial charge in [0.1, 0.15) is 12.4 Å². The highest BCUT2D eigenvalue weighted by Gasteiger charge is 2.26. The SMILES string of the molecule is CCCC(CC=O)C(CCc1ccccc1)OC(=S)N1CCCC1. The fourth-order valence-electron chi connectivity index (χ4n) is 3.40. The minimum absolute atomic E-state index is 0.0171. The van der Waals surface area contributed by atoms with Gasteiger partial charge in [-0.2, -0.15) is 0 Å². The van der Waals surface area contributed by atoms with Crippen LogP contribution in [0.1, 0.15) is 51.0 Å². The Balaban J connectivity index is 2.00. The molecule has 0 radical (unpaired) electrons. The lowest BCUT2D eigenvalue weighted by atomic mass is 9.90. The zero-order valence-corrected chi connectivity index (χ0v) is 15.5. The number of nitrogens with zero attached hydrogens (tertiary/aromatic N) is 1. The van der Waals surface area contributed by atoms with Crippen LogP contribution in [-0.2, 0) is 16.0 Å². The van der Waals surface area contributed by atoms with Crippen molar-refractivity contribution in [3.8, 4) is 0 Å². The quantitative estimate of drug-likeness (QED) is 0.489. The van der Waals surface area contributed by atoms with Crippen LogP contribution in [0.3, 0.4) is 0 Å². The van der Waals surface area contributed by atoms with E-state index >= 15 is 0 Å². The van der Waals surface area contributed by atoms with Crippen molar-refractivity contribution in [3.05, 3.63) is 35.9 Å². The lowest BCUT2D eigenvalue weighted by molar-refractivity contribution is -0.109. The molecule has 3 nitrogen and oxygen atoms in total. The lowest BCUT2D eigenvalue weighted by Gasteiger charge is -2.29. The van der Waals surface area contributed by atoms with E-state index in [1.54, 1.807) is 0 Å². The minimum Gasteiger partial charge on any atom is -0.467 e. The molecule has 0 aromatic heterocycles. The van der Waals surface area contributed by atoms with E-state index in [-0.39, 0.29) is 12.0 Å². The van der Waals surface area contributed by atoms with Crippen molar-refractivity contribution in [2.45, 2.75) is 58.0 Å². The summed E-state index contributed by atoms with van der Waals surface area (Å²) in [6.07, 6.45) is 7.87. The number of aldehydes is 1. The van der Waals surface area contributed by atoms with E-state index in [0.717, 1.165) is 45.1 Å². The van der Waals surface area contributed by atoms with Gasteiger partial charge in [-0.15, -0.1) is 0 Å². The first-order chi connectivity index (χ1) is 11.7. The molecular weight excluding hydrogens is 318 g/mol. The van der Waals surface area contributed by atoms with Gasteiger partial charge < -0.3 is 14.4 Å². The first-order valence-electron chi connectivity index (χ1n) is 9.17. The number of rotatable bonds is 9. The summed E-state index contributed by atoms with van der Waals surface area (Å²) in [6.45, 7) is 4.15. The average molecular weight is 348 g/mol. The standard InChI is InChI=1S/C20H29NO2S/c1-2-8-18(13-16-22)19(12-11-17-9-4-3-5-10-17)23-20(24)21-14-6-7-15-21/h3-5,9-10,16,18-19H,2,6-8,11-15H2,1H3. The normalized spacial score (nSPS) is 16.6. The molecule has 1 aliphatic heterocycles. The molecule has 4 heteroatoms. The summed E-state index contributed by atoms with van der Waals surface area (Å²) in [5, 5.41) is 0.623. The second-order valence-electron chi connectivity index (χ2n) is 6.59. The number of carbonyl (C=O) groups is 1. The molecule has 132 valence electrons. The zero-order chi connectivity index (χ0) is 17.2. The Morgan fingerprint density at radius 3 is 2.58 bits per heavy atom. The van der Waals surface area contributed by atoms with Crippen molar-refractivity contribution in [1.82, 2.24) is 4.90 Å². The number of aryl methyl sites for hydroxylation is 1. The van der Waals surface area contributed by atoms with Crippen LogP contribution in [0, 0.1) is 5.92 Å². The Morgan fingerprint density at radius 1 is 1.25 bits per heavy atom. The van der Waals surface area contributed by atoms with E-state index in [1.165, 1.54) is 18.4 Å². The van der Waals surface area contributed by atoms with Gasteiger partial charge in [-0.25, -0.2) is 0 Å². The number of carbonyl (C=O) groups excluding carboxylic acids is 1. The van der Waals surface area contributed by atoms with Gasteiger partial charge in [-0.05, 0) is 49.9 Å². The number of likely N-dealkylation sites (tertiary alicyclic amines) is 1. The maximum Gasteiger partial charge on any atom is 0.259 e. The minimum atomic E-state index is 0.0171. The van der Waals surface area contributed by atoms with Gasteiger partial charge in [0.15, 0.2) is 0 Å². The van der Waals surface area contributed by atoms with Crippen LogP contribution < -0.4 is 0 Å². The average Bonchev–Trinajstić information content (AvgIpc) is 3.14. The molecule has 1 saturated heterocycles. The van der Waals surface area contributed by atoms with E-state index in [2.05, 4.69) is 36.1 Å². The van der Waals surface area contributed by atoms with E-state index in [0.29, 0.717) is 11.6 Å². The van der Waals surface area contributed by atoms with Crippen LogP contribution >= 0.6 is 12.2 Å². The summed E-state index contributed by atoms with van der Waals surface area (Å²) in [5.41, 5.74) is 1.31. The fourth-order valence-corrected chi connectivity index (χ4v) is 3.70. The van der Waals surface area contributed by atoms with Crippen molar-refractivity contribution < 1.29 is 9.53 Å². The summed E-state index contributed by atoms with van der Waals surface area (Å²) in [7, 11) is 0. The van der Waals surface area contributed by atoms with Crippen molar-refractivity contribution in [3.63, 3.8) is 0 Å². The molecule has 0 saturated carbocycles. The molecule has 2 rings (SSSR count). The maximum absolute atomic E-state index is 11.1. The Kier molecular flexibility index (Phi) is 8.23. The number of ether oxygens (including phenoxy) is 1. The second-order valence-corrected chi connectivity index (χ2v) is 6.94. The fraction of sp³-hybridized carbons (Fsp3) is 0.600. The van der Waals surface area contributed by atoms with Crippen molar-refractivity contribution >= 4 is 23.7 Å². The van der Waals surface area contributed by atoms with Crippen molar-refractivity contribution in [1.29, 1.82) is 0 Å². The first kappa shape index (κ1) is 18.9. The summed E-state index contributed by atoms with van der Waals surface area (Å²) < 4.78 is 6.22. The molecule has 0 amide bonds. The van der Waals surface area contributed by atoms with Gasteiger partial charge in [0.2, 0.25) is 0 Å². The molecule has 1 aromatic carbocycles. The number of hydrogen-bond donors (Lipinski definition) is 0. The van der Waals surface area contributed by atoms with Crippen LogP contribution in [0.15, 0.2) is 30.3 Å². The molecule has 2 atom stereocenters. The van der Waals surface area contributed by atoms with E-state index < -0.39 is 0 Å². The van der Waals surface area contributed by atoms with Gasteiger partial charge in [-0.3, -0.25) is 0 Å². The summed E-state index contributed by atoms with van der Waals surface area (Å²) in [6, 6.07) is 10.4. The van der Waals surface area contributed by atoms with Gasteiger partial charge >= 0.3 is 0 Å². The summed E-state index contributed by atoms with van der Waals surface area (Å²) in [4.78, 5) is 13.3. The third-order valence-corrected chi connectivity index (χ3v) is 5.12. The summed E-state index contributed by atoms with van der Waals surface area (Å²) >= 11 is 5.52. The third kappa shape index (κ3) is 5.90. The first-order valence-corrected chi connectivity index (χ1v) is 9.58. The number of hydrogen-bond acceptors (Lipinski definition) is 3. The Morgan fingerprint density at radius 2 is 1.96 bits per heavy atom. The third-order valence-electron chi connectivity index (χ3n) is 4.76. The smallest absolute Gasteiger partial charge is 0.259 e. The topological polar surface area (TPSA) is 29.5 Å². The lowest BCUT2D eigenvalue weighted by Crippen LogP contribution is -2.35. The predicted octanol–water partition coefficient (Wildman–Crippen LogP) is 4.39. The largest absolute Gasteiger partial charge is 0.467 e. The van der Waals surface area contributed by atoms with Crippen LogP contribution in [0.25, 0.3) is 0 Å². The van der Waals surface area contributed by atoms with Gasteiger partial charge in [0, 0.05) is 25.4 Å². The van der Waals surface area contributed by atoms with Crippen LogP contribution in [0.2, 0.25) is 0 Å². The Hall–Kier alpha value is -1.42. The van der Waals surface area contributed by atoms with E-state index in [4.69, 9.17) is 17.0 Å². The van der Waals surface area contributed by atoms with E-state index in [1.807, 2.05) is 6.07 Å². The molecule has 1 heterocycles. The van der Waals surface area contributed by atoms with Crippen LogP contribution in [-0.4, -0.2) is 35.6 Å². The number of thiocarbonyl (C=S) groups is 1. The molecule has 1 aliphatic rings. The Bertz CT molecular complexity index is 500. The molecule has 0 N–H and O–H groups in total. The monoisotopic (exact) mass is 347 g/mol. The molecule has 0 spiro atoms. The molecule has 24 heavy (non-hydrogen) atoms. The maximum atomic E-state index is 11.1. The second kappa shape index (κ2) is 10.4. The predicted molar refractivity (Wildman–Crippen MR) is 102 cm³/mol. The molecule has 2 unspecified atom stereocenters. The van der Waals surface area contributed by atoms with Crippen LogP contribution in [0.4, 0.5) is 0 Å². The summed E-state index contributed by atoms with van der Waals surface area (Å²) in [5.74, 6) is 0.247. The number of benzene rings is 1. The molecule has 1 aromatic rings. The molecule has 1 fully saturated rings. The van der Waals surface area contributed by atoms with Crippen molar-refractivity contribution in [2.75, 3.05) is 13.1 Å². The van der Waals surface area contributed by atoms with Gasteiger partial charge in [-0.1, -0.05) is 43.7 Å². The highest BCUT2D eigenvalue weighted by Crippen LogP contribution is 2.24. The Labute approximate surface area is 151 Å². The highest BCUT2D eigenvalue weighted by atomic mass is 32.1. The molecular formula is C20H29NO2S. The van der Waals surface area contributed by atoms with Gasteiger partial charge in [0.05, 0.1) is 0 Å². The zero-order valence-electron chi connectivity index (χ0n) is 14.7. The van der Waals surface area contributed by atoms with Gasteiger partial charge in [0.25, 0.3) is 5.17 Å². The van der Waals surface area contributed by atoms with Crippen molar-refractivity contribution in [2.24, 2.45) is 5.92 Å².